The first-order valence-electron chi connectivity index (χ1n) is 5.46. The fraction of sp³-hybridized carbons (Fsp3) is 0.0667. The molecule has 3 heteroatoms. The second-order valence-electron chi connectivity index (χ2n) is 4.02. The Labute approximate surface area is 105 Å². The predicted molar refractivity (Wildman–Crippen MR) is 68.3 cm³/mol. The van der Waals surface area contributed by atoms with Gasteiger partial charge in [0.05, 0.1) is 17.2 Å². The van der Waals surface area contributed by atoms with Crippen molar-refractivity contribution in [1.29, 1.82) is 5.26 Å². The van der Waals surface area contributed by atoms with Crippen LogP contribution in [-0.2, 0) is 0 Å². The standard InChI is InChI=1S/C15H11NO2/c1-10-8-11(9-16)2-7-14(10)12-3-5-13(6-4-12)15(17)18/h2-8H,1H3,(H,17,18). The first kappa shape index (κ1) is 11.9. The third-order valence-corrected chi connectivity index (χ3v) is 2.80. The molecule has 3 nitrogen and oxygen atoms in total. The lowest BCUT2D eigenvalue weighted by atomic mass is 9.98. The lowest BCUT2D eigenvalue weighted by Crippen LogP contribution is -1.95. The zero-order valence-electron chi connectivity index (χ0n) is 9.84. The molecule has 2 rings (SSSR count). The fourth-order valence-electron chi connectivity index (χ4n) is 1.85. The summed E-state index contributed by atoms with van der Waals surface area (Å²) in [5.41, 5.74) is 3.84. The molecule has 0 aromatic heterocycles. The van der Waals surface area contributed by atoms with E-state index in [1.165, 1.54) is 0 Å². The normalized spacial score (nSPS) is 9.78. The number of benzene rings is 2. The van der Waals surface area contributed by atoms with Crippen molar-refractivity contribution < 1.29 is 9.90 Å². The predicted octanol–water partition coefficient (Wildman–Crippen LogP) is 3.23. The number of nitrogens with zero attached hydrogens (tertiary/aromatic N) is 1. The van der Waals surface area contributed by atoms with E-state index in [4.69, 9.17) is 10.4 Å². The minimum Gasteiger partial charge on any atom is -0.478 e. The van der Waals surface area contributed by atoms with E-state index in [2.05, 4.69) is 6.07 Å². The molecular formula is C15H11NO2. The molecule has 0 aliphatic carbocycles. The quantitative estimate of drug-likeness (QED) is 0.872. The SMILES string of the molecule is Cc1cc(C#N)ccc1-c1ccc(C(=O)O)cc1. The molecular weight excluding hydrogens is 226 g/mol. The number of rotatable bonds is 2. The third-order valence-electron chi connectivity index (χ3n) is 2.80. The Morgan fingerprint density at radius 1 is 1.17 bits per heavy atom. The summed E-state index contributed by atoms with van der Waals surface area (Å²) in [5.74, 6) is -0.932. The van der Waals surface area contributed by atoms with E-state index < -0.39 is 5.97 Å². The molecule has 0 unspecified atom stereocenters. The molecule has 0 saturated carbocycles. The van der Waals surface area contributed by atoms with Gasteiger partial charge in [0.25, 0.3) is 0 Å². The number of carboxylic acids is 1. The Morgan fingerprint density at radius 2 is 1.83 bits per heavy atom. The van der Waals surface area contributed by atoms with E-state index >= 15 is 0 Å². The Bertz CT molecular complexity index is 637. The molecule has 0 spiro atoms. The van der Waals surface area contributed by atoms with E-state index in [0.717, 1.165) is 16.7 Å². The van der Waals surface area contributed by atoms with Crippen molar-refractivity contribution in [3.05, 3.63) is 59.2 Å². The third kappa shape index (κ3) is 2.23. The maximum atomic E-state index is 10.8. The van der Waals surface area contributed by atoms with Crippen LogP contribution in [0.4, 0.5) is 0 Å². The number of nitriles is 1. The zero-order chi connectivity index (χ0) is 13.1. The zero-order valence-corrected chi connectivity index (χ0v) is 9.84. The van der Waals surface area contributed by atoms with Gasteiger partial charge in [-0.15, -0.1) is 0 Å². The van der Waals surface area contributed by atoms with Gasteiger partial charge in [-0.1, -0.05) is 18.2 Å². The van der Waals surface area contributed by atoms with Gasteiger partial charge in [-0.05, 0) is 47.9 Å². The number of hydrogen-bond acceptors (Lipinski definition) is 2. The molecule has 0 aliphatic rings. The van der Waals surface area contributed by atoms with Crippen LogP contribution < -0.4 is 0 Å². The van der Waals surface area contributed by atoms with E-state index in [0.29, 0.717) is 5.56 Å². The van der Waals surface area contributed by atoms with Gasteiger partial charge in [0, 0.05) is 0 Å². The van der Waals surface area contributed by atoms with Crippen molar-refractivity contribution in [1.82, 2.24) is 0 Å². The van der Waals surface area contributed by atoms with E-state index in [1.54, 1.807) is 30.3 Å². The lowest BCUT2D eigenvalue weighted by molar-refractivity contribution is 0.0697. The highest BCUT2D eigenvalue weighted by atomic mass is 16.4. The highest BCUT2D eigenvalue weighted by Gasteiger charge is 2.05. The fourth-order valence-corrected chi connectivity index (χ4v) is 1.85. The molecule has 0 amide bonds. The van der Waals surface area contributed by atoms with Crippen LogP contribution >= 0.6 is 0 Å². The molecule has 2 aromatic carbocycles. The topological polar surface area (TPSA) is 61.1 Å². The first-order valence-corrected chi connectivity index (χ1v) is 5.46. The van der Waals surface area contributed by atoms with Crippen molar-refractivity contribution in [3.63, 3.8) is 0 Å². The maximum absolute atomic E-state index is 10.8. The van der Waals surface area contributed by atoms with Gasteiger partial charge in [-0.2, -0.15) is 5.26 Å². The van der Waals surface area contributed by atoms with Gasteiger partial charge >= 0.3 is 5.97 Å². The highest BCUT2D eigenvalue weighted by molar-refractivity contribution is 5.88. The monoisotopic (exact) mass is 237 g/mol. The molecule has 2 aromatic rings. The minimum atomic E-state index is -0.932. The number of carbonyl (C=O) groups is 1. The van der Waals surface area contributed by atoms with Gasteiger partial charge in [0.1, 0.15) is 0 Å². The summed E-state index contributed by atoms with van der Waals surface area (Å²) in [4.78, 5) is 10.8. The lowest BCUT2D eigenvalue weighted by Gasteiger charge is -2.06. The van der Waals surface area contributed by atoms with Crippen LogP contribution in [-0.4, -0.2) is 11.1 Å². The second-order valence-corrected chi connectivity index (χ2v) is 4.02. The van der Waals surface area contributed by atoms with Gasteiger partial charge in [-0.25, -0.2) is 4.79 Å². The molecule has 0 bridgehead atoms. The van der Waals surface area contributed by atoms with Crippen LogP contribution in [0.1, 0.15) is 21.5 Å². The van der Waals surface area contributed by atoms with Crippen molar-refractivity contribution >= 4 is 5.97 Å². The van der Waals surface area contributed by atoms with Crippen molar-refractivity contribution in [2.24, 2.45) is 0 Å². The van der Waals surface area contributed by atoms with Crippen LogP contribution in [0.15, 0.2) is 42.5 Å². The summed E-state index contributed by atoms with van der Waals surface area (Å²) in [5, 5.41) is 17.6. The average molecular weight is 237 g/mol. The molecule has 0 radical (unpaired) electrons. The molecule has 0 fully saturated rings. The van der Waals surface area contributed by atoms with Crippen LogP contribution in [0.3, 0.4) is 0 Å². The Balaban J connectivity index is 2.43. The summed E-state index contributed by atoms with van der Waals surface area (Å²) in [7, 11) is 0. The maximum Gasteiger partial charge on any atom is 0.335 e. The van der Waals surface area contributed by atoms with Crippen molar-refractivity contribution in [3.8, 4) is 17.2 Å². The van der Waals surface area contributed by atoms with Crippen LogP contribution in [0.2, 0.25) is 0 Å². The summed E-state index contributed by atoms with van der Waals surface area (Å²) in [6.07, 6.45) is 0. The number of aromatic carboxylic acids is 1. The van der Waals surface area contributed by atoms with Crippen molar-refractivity contribution in [2.75, 3.05) is 0 Å². The minimum absolute atomic E-state index is 0.269. The van der Waals surface area contributed by atoms with Crippen LogP contribution in [0.25, 0.3) is 11.1 Å². The van der Waals surface area contributed by atoms with Gasteiger partial charge < -0.3 is 5.11 Å². The Kier molecular flexibility index (Phi) is 3.11. The number of aryl methyl sites for hydroxylation is 1. The highest BCUT2D eigenvalue weighted by Crippen LogP contribution is 2.24. The smallest absolute Gasteiger partial charge is 0.335 e. The van der Waals surface area contributed by atoms with E-state index in [1.807, 2.05) is 19.1 Å². The summed E-state index contributed by atoms with van der Waals surface area (Å²) >= 11 is 0. The summed E-state index contributed by atoms with van der Waals surface area (Å²) in [6.45, 7) is 1.93. The molecule has 18 heavy (non-hydrogen) atoms. The van der Waals surface area contributed by atoms with Crippen LogP contribution in [0.5, 0.6) is 0 Å². The van der Waals surface area contributed by atoms with Gasteiger partial charge in [0.15, 0.2) is 0 Å². The average Bonchev–Trinajstić information content (AvgIpc) is 2.38. The van der Waals surface area contributed by atoms with E-state index in [-0.39, 0.29) is 5.56 Å². The number of carboxylic acid groups (broad SMARTS) is 1. The first-order chi connectivity index (χ1) is 8.61. The molecule has 0 aliphatic heterocycles. The Hall–Kier alpha value is -2.60. The summed E-state index contributed by atoms with van der Waals surface area (Å²) in [6, 6.07) is 14.3. The van der Waals surface area contributed by atoms with Crippen molar-refractivity contribution in [2.45, 2.75) is 6.92 Å². The molecule has 0 atom stereocenters. The largest absolute Gasteiger partial charge is 0.478 e. The number of hydrogen-bond donors (Lipinski definition) is 1. The summed E-state index contributed by atoms with van der Waals surface area (Å²) < 4.78 is 0. The van der Waals surface area contributed by atoms with Gasteiger partial charge in [-0.3, -0.25) is 0 Å². The second kappa shape index (κ2) is 4.72. The van der Waals surface area contributed by atoms with Gasteiger partial charge in [0.2, 0.25) is 0 Å². The van der Waals surface area contributed by atoms with Crippen LogP contribution in [0, 0.1) is 18.3 Å². The molecule has 88 valence electrons. The van der Waals surface area contributed by atoms with E-state index in [9.17, 15) is 4.79 Å². The molecule has 0 saturated heterocycles. The Morgan fingerprint density at radius 3 is 2.33 bits per heavy atom. The molecule has 1 N–H and O–H groups in total. The molecule has 0 heterocycles.